The van der Waals surface area contributed by atoms with E-state index in [-0.39, 0.29) is 11.9 Å². The van der Waals surface area contributed by atoms with Crippen molar-refractivity contribution in [2.45, 2.75) is 13.0 Å². The standard InChI is InChI=1S/C21H17BrClN3O/c1-13-10-15(2-3-16(13)11-24)21(27)26-20(14-4-7-18(23)8-5-14)19-9-6-17(22)12-25-19/h2-10,20,25H,12H2,1H3,(H,26,27)/t20-/m1/s1. The van der Waals surface area contributed by atoms with Gasteiger partial charge in [0.25, 0.3) is 5.91 Å². The lowest BCUT2D eigenvalue weighted by Crippen LogP contribution is -2.35. The zero-order chi connectivity index (χ0) is 19.4. The molecule has 0 radical (unpaired) electrons. The van der Waals surface area contributed by atoms with E-state index < -0.39 is 0 Å². The first kappa shape index (κ1) is 19.2. The van der Waals surface area contributed by atoms with E-state index in [2.05, 4.69) is 32.6 Å². The van der Waals surface area contributed by atoms with Crippen molar-refractivity contribution in [3.8, 4) is 6.07 Å². The number of rotatable bonds is 4. The van der Waals surface area contributed by atoms with Gasteiger partial charge in [0.1, 0.15) is 0 Å². The quantitative estimate of drug-likeness (QED) is 0.718. The minimum atomic E-state index is -0.345. The highest BCUT2D eigenvalue weighted by Gasteiger charge is 2.21. The zero-order valence-corrected chi connectivity index (χ0v) is 16.9. The van der Waals surface area contributed by atoms with Crippen molar-refractivity contribution in [1.82, 2.24) is 10.6 Å². The van der Waals surface area contributed by atoms with Gasteiger partial charge in [-0.1, -0.05) is 39.7 Å². The highest BCUT2D eigenvalue weighted by molar-refractivity contribution is 9.11. The summed E-state index contributed by atoms with van der Waals surface area (Å²) in [6.07, 6.45) is 3.91. The third kappa shape index (κ3) is 4.60. The van der Waals surface area contributed by atoms with E-state index >= 15 is 0 Å². The Labute approximate surface area is 171 Å². The van der Waals surface area contributed by atoms with E-state index in [0.717, 1.165) is 21.3 Å². The number of carbonyl (C=O) groups is 1. The van der Waals surface area contributed by atoms with Crippen LogP contribution in [0.4, 0.5) is 0 Å². The van der Waals surface area contributed by atoms with E-state index in [4.69, 9.17) is 16.9 Å². The summed E-state index contributed by atoms with van der Waals surface area (Å²) < 4.78 is 1.04. The summed E-state index contributed by atoms with van der Waals surface area (Å²) in [5.41, 5.74) is 3.66. The van der Waals surface area contributed by atoms with Crippen LogP contribution in [0.5, 0.6) is 0 Å². The van der Waals surface area contributed by atoms with E-state index in [0.29, 0.717) is 22.7 Å². The van der Waals surface area contributed by atoms with Crippen molar-refractivity contribution in [3.05, 3.63) is 92.1 Å². The molecule has 0 aliphatic carbocycles. The molecule has 0 saturated heterocycles. The van der Waals surface area contributed by atoms with Crippen LogP contribution >= 0.6 is 27.5 Å². The second-order valence-corrected chi connectivity index (χ2v) is 7.64. The monoisotopic (exact) mass is 441 g/mol. The van der Waals surface area contributed by atoms with Crippen molar-refractivity contribution in [2.24, 2.45) is 0 Å². The van der Waals surface area contributed by atoms with Gasteiger partial charge in [0.05, 0.1) is 17.7 Å². The number of hydrogen-bond donors (Lipinski definition) is 2. The Morgan fingerprint density at radius 1 is 1.26 bits per heavy atom. The van der Waals surface area contributed by atoms with Crippen molar-refractivity contribution >= 4 is 33.4 Å². The molecule has 136 valence electrons. The van der Waals surface area contributed by atoms with Crippen LogP contribution in [0.3, 0.4) is 0 Å². The van der Waals surface area contributed by atoms with Gasteiger partial charge >= 0.3 is 0 Å². The Kier molecular flexibility index (Phi) is 6.00. The number of nitrogens with one attached hydrogen (secondary N) is 2. The maximum atomic E-state index is 12.9. The SMILES string of the molecule is Cc1cc(C(=O)N[C@@H](C2=CC=C(Br)CN2)c2ccc(Cl)cc2)ccc1C#N. The van der Waals surface area contributed by atoms with Crippen LogP contribution in [0, 0.1) is 18.3 Å². The van der Waals surface area contributed by atoms with E-state index in [1.165, 1.54) is 0 Å². The lowest BCUT2D eigenvalue weighted by molar-refractivity contribution is 0.0941. The summed E-state index contributed by atoms with van der Waals surface area (Å²) in [4.78, 5) is 12.9. The fourth-order valence-corrected chi connectivity index (χ4v) is 3.22. The highest BCUT2D eigenvalue weighted by atomic mass is 79.9. The second-order valence-electron chi connectivity index (χ2n) is 6.19. The number of halogens is 2. The first-order valence-electron chi connectivity index (χ1n) is 8.35. The molecule has 0 bridgehead atoms. The van der Waals surface area contributed by atoms with Crippen LogP contribution in [0.2, 0.25) is 5.02 Å². The van der Waals surface area contributed by atoms with E-state index in [1.54, 1.807) is 30.3 Å². The van der Waals surface area contributed by atoms with Gasteiger partial charge in [0, 0.05) is 27.3 Å². The van der Waals surface area contributed by atoms with Gasteiger partial charge in [-0.2, -0.15) is 5.26 Å². The van der Waals surface area contributed by atoms with Crippen molar-refractivity contribution in [3.63, 3.8) is 0 Å². The molecule has 0 aromatic heterocycles. The molecule has 1 amide bonds. The molecule has 2 aromatic carbocycles. The topological polar surface area (TPSA) is 64.9 Å². The normalized spacial score (nSPS) is 14.3. The fourth-order valence-electron chi connectivity index (χ4n) is 2.82. The average Bonchev–Trinajstić information content (AvgIpc) is 2.67. The first-order chi connectivity index (χ1) is 13.0. The number of benzene rings is 2. The molecule has 4 nitrogen and oxygen atoms in total. The molecule has 2 aromatic rings. The van der Waals surface area contributed by atoms with Crippen molar-refractivity contribution < 1.29 is 4.79 Å². The Morgan fingerprint density at radius 3 is 2.59 bits per heavy atom. The Bertz CT molecular complexity index is 974. The van der Waals surface area contributed by atoms with Crippen LogP contribution in [0.15, 0.2) is 64.8 Å². The van der Waals surface area contributed by atoms with Gasteiger partial charge in [0.15, 0.2) is 0 Å². The number of nitrogens with zero attached hydrogens (tertiary/aromatic N) is 1. The summed E-state index contributed by atoms with van der Waals surface area (Å²) >= 11 is 9.47. The molecule has 2 N–H and O–H groups in total. The minimum absolute atomic E-state index is 0.209. The van der Waals surface area contributed by atoms with Crippen molar-refractivity contribution in [1.29, 1.82) is 5.26 Å². The van der Waals surface area contributed by atoms with Crippen LogP contribution in [0.25, 0.3) is 0 Å². The summed E-state index contributed by atoms with van der Waals surface area (Å²) in [5, 5.41) is 16.1. The van der Waals surface area contributed by atoms with Gasteiger partial charge < -0.3 is 10.6 Å². The molecule has 1 heterocycles. The molecule has 0 spiro atoms. The minimum Gasteiger partial charge on any atom is -0.382 e. The van der Waals surface area contributed by atoms with Crippen LogP contribution in [-0.4, -0.2) is 12.5 Å². The number of carbonyl (C=O) groups excluding carboxylic acids is 1. The number of aryl methyl sites for hydroxylation is 1. The highest BCUT2D eigenvalue weighted by Crippen LogP contribution is 2.25. The first-order valence-corrected chi connectivity index (χ1v) is 9.52. The van der Waals surface area contributed by atoms with Crippen LogP contribution in [-0.2, 0) is 0 Å². The maximum Gasteiger partial charge on any atom is 0.252 e. The number of dihydropyridines is 1. The summed E-state index contributed by atoms with van der Waals surface area (Å²) in [5.74, 6) is -0.209. The van der Waals surface area contributed by atoms with Gasteiger partial charge in [-0.05, 0) is 60.5 Å². The van der Waals surface area contributed by atoms with Crippen LogP contribution < -0.4 is 10.6 Å². The Balaban J connectivity index is 1.91. The van der Waals surface area contributed by atoms with Gasteiger partial charge in [0.2, 0.25) is 0 Å². The van der Waals surface area contributed by atoms with Gasteiger partial charge in [-0.3, -0.25) is 4.79 Å². The second kappa shape index (κ2) is 8.43. The molecule has 0 unspecified atom stereocenters. The van der Waals surface area contributed by atoms with Gasteiger partial charge in [-0.25, -0.2) is 0 Å². The van der Waals surface area contributed by atoms with E-state index in [9.17, 15) is 4.79 Å². The largest absolute Gasteiger partial charge is 0.382 e. The predicted octanol–water partition coefficient (Wildman–Crippen LogP) is 4.76. The summed E-state index contributed by atoms with van der Waals surface area (Å²) in [7, 11) is 0. The predicted molar refractivity (Wildman–Crippen MR) is 111 cm³/mol. The zero-order valence-electron chi connectivity index (χ0n) is 14.6. The Hall–Kier alpha value is -2.55. The lowest BCUT2D eigenvalue weighted by atomic mass is 10.0. The lowest BCUT2D eigenvalue weighted by Gasteiger charge is -2.25. The summed E-state index contributed by atoms with van der Waals surface area (Å²) in [6, 6.07) is 14.2. The molecular weight excluding hydrogens is 426 g/mol. The Morgan fingerprint density at radius 2 is 2.00 bits per heavy atom. The maximum absolute atomic E-state index is 12.9. The molecule has 0 fully saturated rings. The molecular formula is C21H17BrClN3O. The number of hydrogen-bond acceptors (Lipinski definition) is 3. The van der Waals surface area contributed by atoms with Crippen LogP contribution in [0.1, 0.15) is 33.1 Å². The smallest absolute Gasteiger partial charge is 0.252 e. The molecule has 1 aliphatic heterocycles. The molecule has 1 aliphatic rings. The third-order valence-electron chi connectivity index (χ3n) is 4.30. The number of nitriles is 1. The number of amides is 1. The fraction of sp³-hybridized carbons (Fsp3) is 0.143. The molecule has 1 atom stereocenters. The molecule has 27 heavy (non-hydrogen) atoms. The third-order valence-corrected chi connectivity index (χ3v) is 5.10. The summed E-state index contributed by atoms with van der Waals surface area (Å²) in [6.45, 7) is 2.47. The van der Waals surface area contributed by atoms with Crippen molar-refractivity contribution in [2.75, 3.05) is 6.54 Å². The molecule has 3 rings (SSSR count). The molecule has 6 heteroatoms. The van der Waals surface area contributed by atoms with Gasteiger partial charge in [-0.15, -0.1) is 0 Å². The average molecular weight is 443 g/mol. The number of allylic oxidation sites excluding steroid dienone is 2. The molecule has 0 saturated carbocycles. The van der Waals surface area contributed by atoms with E-state index in [1.807, 2.05) is 31.2 Å².